The molecule has 2 rings (SSSR count). The van der Waals surface area contributed by atoms with Crippen LogP contribution in [0.15, 0.2) is 0 Å². The maximum absolute atomic E-state index is 12.2. The molecule has 1 saturated carbocycles. The molecule has 1 saturated heterocycles. The number of nitrogens with zero attached hydrogens (tertiary/aromatic N) is 1. The highest BCUT2D eigenvalue weighted by molar-refractivity contribution is 5.84. The van der Waals surface area contributed by atoms with Gasteiger partial charge >= 0.3 is 0 Å². The van der Waals surface area contributed by atoms with Crippen molar-refractivity contribution in [1.29, 1.82) is 0 Å². The Labute approximate surface area is 98.6 Å². The number of carbonyl (C=O) groups excluding carboxylic acids is 1. The average Bonchev–Trinajstić information content (AvgIpc) is 2.44. The minimum absolute atomic E-state index is 0.0718. The maximum atomic E-state index is 12.2. The van der Waals surface area contributed by atoms with Gasteiger partial charge in [-0.3, -0.25) is 10.1 Å². The summed E-state index contributed by atoms with van der Waals surface area (Å²) in [7, 11) is 0. The fourth-order valence-electron chi connectivity index (χ4n) is 2.75. The van der Waals surface area contributed by atoms with Crippen molar-refractivity contribution in [1.82, 2.24) is 10.2 Å². The molecule has 92 valence electrons. The number of amides is 1. The summed E-state index contributed by atoms with van der Waals surface area (Å²) >= 11 is 0. The summed E-state index contributed by atoms with van der Waals surface area (Å²) in [5.41, 5.74) is 0. The molecule has 0 aromatic carbocycles. The molecular formula is C13H24N2O. The van der Waals surface area contributed by atoms with Crippen molar-refractivity contribution >= 4 is 5.91 Å². The largest absolute Gasteiger partial charge is 0.326 e. The molecular weight excluding hydrogens is 200 g/mol. The van der Waals surface area contributed by atoms with Crippen LogP contribution in [0.1, 0.15) is 46.5 Å². The van der Waals surface area contributed by atoms with Gasteiger partial charge in [0.1, 0.15) is 0 Å². The number of hydrogen-bond acceptors (Lipinski definition) is 2. The first kappa shape index (κ1) is 11.9. The summed E-state index contributed by atoms with van der Waals surface area (Å²) in [5, 5.41) is 3.35. The molecule has 2 atom stereocenters. The Morgan fingerprint density at radius 3 is 2.56 bits per heavy atom. The fourth-order valence-corrected chi connectivity index (χ4v) is 2.75. The van der Waals surface area contributed by atoms with Gasteiger partial charge in [-0.2, -0.15) is 0 Å². The van der Waals surface area contributed by atoms with E-state index < -0.39 is 0 Å². The number of hydrogen-bond donors (Lipinski definition) is 1. The molecule has 16 heavy (non-hydrogen) atoms. The second-order valence-electron chi connectivity index (χ2n) is 5.78. The zero-order valence-corrected chi connectivity index (χ0v) is 10.7. The van der Waals surface area contributed by atoms with Crippen molar-refractivity contribution in [2.24, 2.45) is 11.8 Å². The highest BCUT2D eigenvalue weighted by Gasteiger charge is 2.38. The quantitative estimate of drug-likeness (QED) is 0.792. The van der Waals surface area contributed by atoms with Gasteiger partial charge in [0.25, 0.3) is 0 Å². The molecule has 0 aromatic rings. The van der Waals surface area contributed by atoms with Gasteiger partial charge in [0.2, 0.25) is 5.91 Å². The van der Waals surface area contributed by atoms with Crippen LogP contribution >= 0.6 is 0 Å². The molecule has 1 heterocycles. The molecule has 0 radical (unpaired) electrons. The predicted octanol–water partition coefficient (Wildman–Crippen LogP) is 1.98. The monoisotopic (exact) mass is 224 g/mol. The third-order valence-electron chi connectivity index (χ3n) is 4.12. The minimum Gasteiger partial charge on any atom is -0.326 e. The highest BCUT2D eigenvalue weighted by atomic mass is 16.2. The van der Waals surface area contributed by atoms with E-state index in [9.17, 15) is 4.79 Å². The van der Waals surface area contributed by atoms with E-state index >= 15 is 0 Å². The summed E-state index contributed by atoms with van der Waals surface area (Å²) in [4.78, 5) is 14.2. The fraction of sp³-hybridized carbons (Fsp3) is 0.923. The number of carbonyl (C=O) groups is 1. The van der Waals surface area contributed by atoms with Crippen molar-refractivity contribution in [2.45, 2.75) is 58.5 Å². The van der Waals surface area contributed by atoms with E-state index in [-0.39, 0.29) is 6.04 Å². The third-order valence-corrected chi connectivity index (χ3v) is 4.12. The molecule has 1 amide bonds. The van der Waals surface area contributed by atoms with E-state index in [0.717, 1.165) is 19.0 Å². The molecule has 0 spiro atoms. The first-order chi connectivity index (χ1) is 7.59. The topological polar surface area (TPSA) is 32.3 Å². The van der Waals surface area contributed by atoms with Gasteiger partial charge in [0, 0.05) is 6.04 Å². The van der Waals surface area contributed by atoms with E-state index in [0.29, 0.717) is 17.9 Å². The van der Waals surface area contributed by atoms with Gasteiger partial charge in [-0.15, -0.1) is 0 Å². The summed E-state index contributed by atoms with van der Waals surface area (Å²) in [6.45, 7) is 7.31. The van der Waals surface area contributed by atoms with E-state index in [1.165, 1.54) is 19.3 Å². The summed E-state index contributed by atoms with van der Waals surface area (Å²) in [6.07, 6.45) is 4.92. The summed E-state index contributed by atoms with van der Waals surface area (Å²) in [6, 6.07) is 0.508. The molecule has 0 aromatic heterocycles. The van der Waals surface area contributed by atoms with Crippen molar-refractivity contribution in [2.75, 3.05) is 6.67 Å². The van der Waals surface area contributed by atoms with Crippen LogP contribution in [-0.4, -0.2) is 29.6 Å². The van der Waals surface area contributed by atoms with E-state index in [4.69, 9.17) is 0 Å². The second-order valence-corrected chi connectivity index (χ2v) is 5.78. The van der Waals surface area contributed by atoms with E-state index in [2.05, 4.69) is 31.0 Å². The molecule has 3 nitrogen and oxygen atoms in total. The van der Waals surface area contributed by atoms with Crippen LogP contribution in [0.5, 0.6) is 0 Å². The van der Waals surface area contributed by atoms with Crippen molar-refractivity contribution in [3.8, 4) is 0 Å². The van der Waals surface area contributed by atoms with Crippen LogP contribution in [0, 0.1) is 11.8 Å². The van der Waals surface area contributed by atoms with Crippen molar-refractivity contribution in [3.63, 3.8) is 0 Å². The minimum atomic E-state index is 0.0718. The predicted molar refractivity (Wildman–Crippen MR) is 64.9 cm³/mol. The molecule has 0 bridgehead atoms. The lowest BCUT2D eigenvalue weighted by Crippen LogP contribution is -2.43. The average molecular weight is 224 g/mol. The lowest BCUT2D eigenvalue weighted by molar-refractivity contribution is -0.132. The summed E-state index contributed by atoms with van der Waals surface area (Å²) < 4.78 is 0. The van der Waals surface area contributed by atoms with Gasteiger partial charge in [0.15, 0.2) is 0 Å². The molecule has 3 heteroatoms. The molecule has 1 aliphatic heterocycles. The van der Waals surface area contributed by atoms with E-state index in [1.54, 1.807) is 0 Å². The summed E-state index contributed by atoms with van der Waals surface area (Å²) in [5.74, 6) is 1.66. The Balaban J connectivity index is 1.90. The Hall–Kier alpha value is -0.570. The zero-order chi connectivity index (χ0) is 11.7. The van der Waals surface area contributed by atoms with Gasteiger partial charge in [-0.05, 0) is 38.0 Å². The van der Waals surface area contributed by atoms with Gasteiger partial charge < -0.3 is 4.90 Å². The Kier molecular flexibility index (Phi) is 3.53. The lowest BCUT2D eigenvalue weighted by Gasteiger charge is -2.36. The van der Waals surface area contributed by atoms with Gasteiger partial charge in [-0.1, -0.05) is 20.3 Å². The lowest BCUT2D eigenvalue weighted by atomic mass is 9.80. The van der Waals surface area contributed by atoms with Crippen molar-refractivity contribution in [3.05, 3.63) is 0 Å². The van der Waals surface area contributed by atoms with Crippen LogP contribution in [0.25, 0.3) is 0 Å². The molecule has 1 aliphatic carbocycles. The number of nitrogens with one attached hydrogen (secondary N) is 1. The van der Waals surface area contributed by atoms with E-state index in [1.807, 2.05) is 0 Å². The smallest absolute Gasteiger partial charge is 0.241 e. The third kappa shape index (κ3) is 2.24. The first-order valence-corrected chi connectivity index (χ1v) is 6.63. The maximum Gasteiger partial charge on any atom is 0.241 e. The second kappa shape index (κ2) is 4.74. The first-order valence-electron chi connectivity index (χ1n) is 6.63. The van der Waals surface area contributed by atoms with Crippen LogP contribution in [-0.2, 0) is 4.79 Å². The van der Waals surface area contributed by atoms with Crippen LogP contribution in [0.3, 0.4) is 0 Å². The van der Waals surface area contributed by atoms with Crippen LogP contribution in [0.4, 0.5) is 0 Å². The molecule has 2 aliphatic rings. The molecule has 2 fully saturated rings. The standard InChI is InChI=1S/C13H24N2O/c1-9(2)7-12-13(16)15(8-14-12)10(3)11-5-4-6-11/h9-12,14H,4-8H2,1-3H3. The Morgan fingerprint density at radius 1 is 1.38 bits per heavy atom. The highest BCUT2D eigenvalue weighted by Crippen LogP contribution is 2.33. The van der Waals surface area contributed by atoms with Crippen molar-refractivity contribution < 1.29 is 4.79 Å². The molecule has 1 N–H and O–H groups in total. The van der Waals surface area contributed by atoms with Gasteiger partial charge in [0.05, 0.1) is 12.7 Å². The Morgan fingerprint density at radius 2 is 2.06 bits per heavy atom. The number of rotatable bonds is 4. The van der Waals surface area contributed by atoms with Gasteiger partial charge in [-0.25, -0.2) is 0 Å². The molecule has 2 unspecified atom stereocenters. The van der Waals surface area contributed by atoms with Crippen LogP contribution < -0.4 is 5.32 Å². The Bertz CT molecular complexity index is 261. The normalized spacial score (nSPS) is 28.6. The zero-order valence-electron chi connectivity index (χ0n) is 10.7. The SMILES string of the molecule is CC(C)CC1NCN(C(C)C2CCC2)C1=O. The van der Waals surface area contributed by atoms with Crippen LogP contribution in [0.2, 0.25) is 0 Å².